The highest BCUT2D eigenvalue weighted by Gasteiger charge is 2.10. The molecule has 0 fully saturated rings. The maximum absolute atomic E-state index is 10.6. The van der Waals surface area contributed by atoms with E-state index in [-0.39, 0.29) is 12.5 Å². The van der Waals surface area contributed by atoms with Crippen LogP contribution in [0.25, 0.3) is 6.08 Å². The summed E-state index contributed by atoms with van der Waals surface area (Å²) in [6.07, 6.45) is 3.00. The highest BCUT2D eigenvalue weighted by atomic mass is 16.7. The molecule has 0 amide bonds. The van der Waals surface area contributed by atoms with Gasteiger partial charge in [-0.15, -0.1) is 0 Å². The van der Waals surface area contributed by atoms with Crippen LogP contribution in [-0.2, 0) is 9.47 Å². The molecular formula is C11H13NO5. The molecule has 0 radical (unpaired) electrons. The van der Waals surface area contributed by atoms with Crippen LogP contribution in [0, 0.1) is 10.1 Å². The van der Waals surface area contributed by atoms with Crippen molar-refractivity contribution in [3.63, 3.8) is 0 Å². The van der Waals surface area contributed by atoms with Crippen LogP contribution in [0.1, 0.15) is 5.56 Å². The SMILES string of the molecule is COC=Cc1cc([N+](=O)[O-])ccc1OCOC. The third-order valence-corrected chi connectivity index (χ3v) is 1.92. The molecule has 0 aliphatic heterocycles. The molecule has 1 aromatic carbocycles. The first kappa shape index (κ1) is 13.0. The Balaban J connectivity index is 3.02. The fraction of sp³-hybridized carbons (Fsp3) is 0.273. The Bertz CT molecular complexity index is 416. The van der Waals surface area contributed by atoms with Gasteiger partial charge in [-0.05, 0) is 12.1 Å². The van der Waals surface area contributed by atoms with Gasteiger partial charge in [0, 0.05) is 24.8 Å². The molecule has 92 valence electrons. The number of methoxy groups -OCH3 is 2. The van der Waals surface area contributed by atoms with Gasteiger partial charge in [-0.2, -0.15) is 0 Å². The molecule has 0 spiro atoms. The Morgan fingerprint density at radius 1 is 1.41 bits per heavy atom. The van der Waals surface area contributed by atoms with Gasteiger partial charge in [0.05, 0.1) is 18.3 Å². The highest BCUT2D eigenvalue weighted by Crippen LogP contribution is 2.25. The Kier molecular flexibility index (Phi) is 4.96. The van der Waals surface area contributed by atoms with Crippen molar-refractivity contribution in [2.45, 2.75) is 0 Å². The van der Waals surface area contributed by atoms with Gasteiger partial charge in [0.15, 0.2) is 6.79 Å². The standard InChI is InChI=1S/C11H13NO5/c1-15-6-5-9-7-10(12(13)14)3-4-11(9)17-8-16-2/h3-7H,8H2,1-2H3. The van der Waals surface area contributed by atoms with Crippen molar-refractivity contribution in [2.24, 2.45) is 0 Å². The predicted octanol–water partition coefficient (Wildman–Crippen LogP) is 2.19. The van der Waals surface area contributed by atoms with Gasteiger partial charge in [-0.25, -0.2) is 0 Å². The zero-order valence-corrected chi connectivity index (χ0v) is 9.58. The monoisotopic (exact) mass is 239 g/mol. The number of rotatable bonds is 6. The van der Waals surface area contributed by atoms with Crippen LogP contribution in [0.5, 0.6) is 5.75 Å². The van der Waals surface area contributed by atoms with Crippen molar-refractivity contribution in [3.05, 3.63) is 40.1 Å². The van der Waals surface area contributed by atoms with E-state index in [4.69, 9.17) is 14.2 Å². The molecule has 0 aromatic heterocycles. The van der Waals surface area contributed by atoms with Gasteiger partial charge < -0.3 is 14.2 Å². The Hall–Kier alpha value is -2.08. The van der Waals surface area contributed by atoms with Crippen LogP contribution in [0.3, 0.4) is 0 Å². The van der Waals surface area contributed by atoms with Gasteiger partial charge in [-0.1, -0.05) is 0 Å². The summed E-state index contributed by atoms with van der Waals surface area (Å²) in [6.45, 7) is 0.0750. The zero-order chi connectivity index (χ0) is 12.7. The van der Waals surface area contributed by atoms with Crippen LogP contribution in [0.15, 0.2) is 24.5 Å². The summed E-state index contributed by atoms with van der Waals surface area (Å²) in [7, 11) is 2.99. The summed E-state index contributed by atoms with van der Waals surface area (Å²) in [6, 6.07) is 4.29. The third kappa shape index (κ3) is 3.76. The fourth-order valence-corrected chi connectivity index (χ4v) is 1.17. The van der Waals surface area contributed by atoms with E-state index in [1.165, 1.54) is 38.7 Å². The number of hydrogen-bond acceptors (Lipinski definition) is 5. The smallest absolute Gasteiger partial charge is 0.270 e. The number of nitro benzene ring substituents is 1. The Labute approximate surface area is 98.6 Å². The fourth-order valence-electron chi connectivity index (χ4n) is 1.17. The summed E-state index contributed by atoms with van der Waals surface area (Å²) in [5, 5.41) is 10.6. The lowest BCUT2D eigenvalue weighted by Gasteiger charge is -2.07. The van der Waals surface area contributed by atoms with Crippen LogP contribution in [-0.4, -0.2) is 25.9 Å². The van der Waals surface area contributed by atoms with Crippen LogP contribution >= 0.6 is 0 Å². The lowest BCUT2D eigenvalue weighted by molar-refractivity contribution is -0.384. The lowest BCUT2D eigenvalue weighted by atomic mass is 10.2. The normalized spacial score (nSPS) is 10.5. The molecule has 0 aliphatic rings. The van der Waals surface area contributed by atoms with Gasteiger partial charge in [0.25, 0.3) is 5.69 Å². The summed E-state index contributed by atoms with van der Waals surface area (Å²) in [5.74, 6) is 0.491. The van der Waals surface area contributed by atoms with E-state index in [9.17, 15) is 10.1 Å². The van der Waals surface area contributed by atoms with E-state index in [0.717, 1.165) is 0 Å². The molecule has 6 heteroatoms. The van der Waals surface area contributed by atoms with Crippen molar-refractivity contribution in [1.82, 2.24) is 0 Å². The molecule has 0 saturated heterocycles. The van der Waals surface area contributed by atoms with Crippen LogP contribution < -0.4 is 4.74 Å². The zero-order valence-electron chi connectivity index (χ0n) is 9.58. The summed E-state index contributed by atoms with van der Waals surface area (Å²) < 4.78 is 14.8. The molecule has 0 heterocycles. The van der Waals surface area contributed by atoms with Crippen molar-refractivity contribution in [2.75, 3.05) is 21.0 Å². The average Bonchev–Trinajstić information content (AvgIpc) is 2.34. The Morgan fingerprint density at radius 3 is 2.76 bits per heavy atom. The molecule has 17 heavy (non-hydrogen) atoms. The second-order valence-electron chi connectivity index (χ2n) is 3.07. The molecule has 0 N–H and O–H groups in total. The minimum Gasteiger partial charge on any atom is -0.504 e. The first-order valence-electron chi connectivity index (χ1n) is 4.78. The predicted molar refractivity (Wildman–Crippen MR) is 61.6 cm³/mol. The summed E-state index contributed by atoms with van der Waals surface area (Å²) in [5.41, 5.74) is 0.545. The number of non-ortho nitro benzene ring substituents is 1. The summed E-state index contributed by atoms with van der Waals surface area (Å²) in [4.78, 5) is 10.2. The van der Waals surface area contributed by atoms with E-state index in [1.807, 2.05) is 0 Å². The molecule has 1 aromatic rings. The molecule has 0 aliphatic carbocycles. The van der Waals surface area contributed by atoms with Gasteiger partial charge >= 0.3 is 0 Å². The lowest BCUT2D eigenvalue weighted by Crippen LogP contribution is -2.00. The number of hydrogen-bond donors (Lipinski definition) is 0. The van der Waals surface area contributed by atoms with Gasteiger partial charge in [0.1, 0.15) is 5.75 Å². The van der Waals surface area contributed by atoms with Gasteiger partial charge in [-0.3, -0.25) is 10.1 Å². The van der Waals surface area contributed by atoms with E-state index >= 15 is 0 Å². The topological polar surface area (TPSA) is 70.8 Å². The van der Waals surface area contributed by atoms with Crippen molar-refractivity contribution >= 4 is 11.8 Å². The van der Waals surface area contributed by atoms with Crippen LogP contribution in [0.4, 0.5) is 5.69 Å². The number of nitrogens with zero attached hydrogens (tertiary/aromatic N) is 1. The minimum absolute atomic E-state index is 0.00878. The largest absolute Gasteiger partial charge is 0.504 e. The molecule has 0 unspecified atom stereocenters. The maximum atomic E-state index is 10.6. The number of nitro groups is 1. The molecule has 6 nitrogen and oxygen atoms in total. The third-order valence-electron chi connectivity index (χ3n) is 1.92. The molecule has 1 rings (SSSR count). The van der Waals surface area contributed by atoms with Crippen LogP contribution in [0.2, 0.25) is 0 Å². The van der Waals surface area contributed by atoms with Crippen molar-refractivity contribution in [3.8, 4) is 5.75 Å². The molecular weight excluding hydrogens is 226 g/mol. The first-order chi connectivity index (χ1) is 8.19. The number of benzene rings is 1. The minimum atomic E-state index is -0.468. The summed E-state index contributed by atoms with van der Waals surface area (Å²) >= 11 is 0. The quantitative estimate of drug-likeness (QED) is 0.329. The second-order valence-corrected chi connectivity index (χ2v) is 3.07. The average molecular weight is 239 g/mol. The number of ether oxygens (including phenoxy) is 3. The van der Waals surface area contributed by atoms with Crippen molar-refractivity contribution < 1.29 is 19.1 Å². The van der Waals surface area contributed by atoms with E-state index in [2.05, 4.69) is 0 Å². The molecule has 0 bridgehead atoms. The first-order valence-corrected chi connectivity index (χ1v) is 4.78. The second kappa shape index (κ2) is 6.49. The molecule has 0 saturated carbocycles. The van der Waals surface area contributed by atoms with E-state index in [0.29, 0.717) is 11.3 Å². The molecule has 0 atom stereocenters. The Morgan fingerprint density at radius 2 is 2.18 bits per heavy atom. The van der Waals surface area contributed by atoms with Crippen molar-refractivity contribution in [1.29, 1.82) is 0 Å². The van der Waals surface area contributed by atoms with Gasteiger partial charge in [0.2, 0.25) is 0 Å². The van der Waals surface area contributed by atoms with E-state index < -0.39 is 4.92 Å². The maximum Gasteiger partial charge on any atom is 0.270 e. The highest BCUT2D eigenvalue weighted by molar-refractivity contribution is 5.60. The van der Waals surface area contributed by atoms with E-state index in [1.54, 1.807) is 6.08 Å².